The number of aromatic nitrogens is 2. The molecule has 3 N–H and O–H groups in total. The van der Waals surface area contributed by atoms with Crippen LogP contribution in [0.4, 0.5) is 0 Å². The molecule has 1 aromatic heterocycles. The normalized spacial score (nSPS) is 26.5. The third-order valence-electron chi connectivity index (χ3n) is 5.78. The number of nitrogens with zero attached hydrogens (tertiary/aromatic N) is 1. The van der Waals surface area contributed by atoms with E-state index in [4.69, 9.17) is 5.11 Å². The SMILES string of the molecule is CC1(C)[C@H](c2nc3ccc(C(=O)O)cc3[nH]2)CC[C@@]1(C)C(=O)O. The number of hydrogen-bond donors (Lipinski definition) is 3. The van der Waals surface area contributed by atoms with Gasteiger partial charge < -0.3 is 15.2 Å². The number of H-pyrrole nitrogens is 1. The molecule has 0 unspecified atom stereocenters. The van der Waals surface area contributed by atoms with Crippen molar-refractivity contribution >= 4 is 23.0 Å². The van der Waals surface area contributed by atoms with E-state index in [0.717, 1.165) is 12.2 Å². The fourth-order valence-electron chi connectivity index (χ4n) is 3.69. The molecule has 1 fully saturated rings. The van der Waals surface area contributed by atoms with Crippen LogP contribution in [0.25, 0.3) is 11.0 Å². The highest BCUT2D eigenvalue weighted by Crippen LogP contribution is 2.59. The monoisotopic (exact) mass is 316 g/mol. The number of carbonyl (C=O) groups is 2. The lowest BCUT2D eigenvalue weighted by molar-refractivity contribution is -0.153. The fourth-order valence-corrected chi connectivity index (χ4v) is 3.69. The van der Waals surface area contributed by atoms with Crippen LogP contribution in [0, 0.1) is 10.8 Å². The summed E-state index contributed by atoms with van der Waals surface area (Å²) in [6.45, 7) is 5.73. The van der Waals surface area contributed by atoms with Crippen LogP contribution in [0.15, 0.2) is 18.2 Å². The molecule has 23 heavy (non-hydrogen) atoms. The predicted molar refractivity (Wildman–Crippen MR) is 84.6 cm³/mol. The zero-order valence-electron chi connectivity index (χ0n) is 13.4. The molecule has 0 saturated heterocycles. The molecule has 0 radical (unpaired) electrons. The highest BCUT2D eigenvalue weighted by molar-refractivity contribution is 5.92. The van der Waals surface area contributed by atoms with E-state index in [2.05, 4.69) is 9.97 Å². The minimum Gasteiger partial charge on any atom is -0.481 e. The van der Waals surface area contributed by atoms with E-state index in [9.17, 15) is 14.7 Å². The first-order chi connectivity index (χ1) is 10.7. The molecule has 2 aromatic rings. The van der Waals surface area contributed by atoms with Gasteiger partial charge in [-0.3, -0.25) is 4.79 Å². The van der Waals surface area contributed by atoms with Crippen LogP contribution in [0.3, 0.4) is 0 Å². The molecule has 1 aromatic carbocycles. The number of rotatable bonds is 3. The van der Waals surface area contributed by atoms with Crippen molar-refractivity contribution in [2.24, 2.45) is 10.8 Å². The lowest BCUT2D eigenvalue weighted by Gasteiger charge is -2.37. The van der Waals surface area contributed by atoms with Gasteiger partial charge in [0.25, 0.3) is 0 Å². The van der Waals surface area contributed by atoms with Crippen LogP contribution in [-0.2, 0) is 4.79 Å². The first-order valence-electron chi connectivity index (χ1n) is 7.63. The zero-order valence-corrected chi connectivity index (χ0v) is 13.4. The molecule has 0 spiro atoms. The Kier molecular flexibility index (Phi) is 3.25. The molecule has 1 aliphatic carbocycles. The van der Waals surface area contributed by atoms with Gasteiger partial charge >= 0.3 is 11.9 Å². The number of carboxylic acid groups (broad SMARTS) is 2. The number of benzene rings is 1. The van der Waals surface area contributed by atoms with Crippen molar-refractivity contribution in [1.29, 1.82) is 0 Å². The third kappa shape index (κ3) is 2.12. The summed E-state index contributed by atoms with van der Waals surface area (Å²) in [4.78, 5) is 30.6. The molecule has 0 aliphatic heterocycles. The highest BCUT2D eigenvalue weighted by atomic mass is 16.4. The van der Waals surface area contributed by atoms with E-state index in [-0.39, 0.29) is 11.5 Å². The van der Waals surface area contributed by atoms with Crippen LogP contribution >= 0.6 is 0 Å². The summed E-state index contributed by atoms with van der Waals surface area (Å²) in [6, 6.07) is 4.76. The van der Waals surface area contributed by atoms with E-state index in [1.807, 2.05) is 13.8 Å². The fraction of sp³-hybridized carbons (Fsp3) is 0.471. The third-order valence-corrected chi connectivity index (χ3v) is 5.78. The summed E-state index contributed by atoms with van der Waals surface area (Å²) in [5, 5.41) is 18.7. The summed E-state index contributed by atoms with van der Waals surface area (Å²) in [7, 11) is 0. The number of aromatic carboxylic acids is 1. The van der Waals surface area contributed by atoms with E-state index < -0.39 is 22.8 Å². The summed E-state index contributed by atoms with van der Waals surface area (Å²) < 4.78 is 0. The zero-order chi connectivity index (χ0) is 17.0. The largest absolute Gasteiger partial charge is 0.481 e. The number of aromatic amines is 1. The molecular weight excluding hydrogens is 296 g/mol. The van der Waals surface area contributed by atoms with Crippen molar-refractivity contribution in [3.63, 3.8) is 0 Å². The van der Waals surface area contributed by atoms with Crippen LogP contribution in [0.2, 0.25) is 0 Å². The first kappa shape index (κ1) is 15.5. The smallest absolute Gasteiger partial charge is 0.335 e. The Hall–Kier alpha value is -2.37. The topological polar surface area (TPSA) is 103 Å². The molecule has 0 bridgehead atoms. The van der Waals surface area contributed by atoms with Crippen LogP contribution in [-0.4, -0.2) is 32.1 Å². The quantitative estimate of drug-likeness (QED) is 0.806. The van der Waals surface area contributed by atoms with E-state index in [1.54, 1.807) is 19.1 Å². The summed E-state index contributed by atoms with van der Waals surface area (Å²) >= 11 is 0. The molecule has 6 heteroatoms. The molecular formula is C17H20N2O4. The Labute approximate surface area is 133 Å². The van der Waals surface area contributed by atoms with Gasteiger partial charge in [-0.1, -0.05) is 13.8 Å². The Bertz CT molecular complexity index is 808. The minimum absolute atomic E-state index is 0.00993. The van der Waals surface area contributed by atoms with Gasteiger partial charge in [0.2, 0.25) is 0 Å². The molecule has 1 aliphatic rings. The van der Waals surface area contributed by atoms with Crippen molar-refractivity contribution in [2.45, 2.75) is 39.5 Å². The minimum atomic E-state index is -0.984. The molecule has 122 valence electrons. The van der Waals surface area contributed by atoms with Crippen molar-refractivity contribution in [1.82, 2.24) is 9.97 Å². The Morgan fingerprint density at radius 3 is 2.52 bits per heavy atom. The summed E-state index contributed by atoms with van der Waals surface area (Å²) in [5.74, 6) is -1.04. The lowest BCUT2D eigenvalue weighted by Crippen LogP contribution is -2.40. The Morgan fingerprint density at radius 1 is 1.26 bits per heavy atom. The maximum Gasteiger partial charge on any atom is 0.335 e. The maximum absolute atomic E-state index is 11.7. The van der Waals surface area contributed by atoms with Gasteiger partial charge in [0.05, 0.1) is 22.0 Å². The molecule has 3 rings (SSSR count). The number of imidazole rings is 1. The number of fused-ring (bicyclic) bond motifs is 1. The number of aliphatic carboxylic acids is 1. The summed E-state index contributed by atoms with van der Waals surface area (Å²) in [5.41, 5.74) is 0.309. The van der Waals surface area contributed by atoms with Crippen LogP contribution in [0.1, 0.15) is 55.7 Å². The number of carboxylic acids is 2. The molecule has 6 nitrogen and oxygen atoms in total. The van der Waals surface area contributed by atoms with Gasteiger partial charge in [0.15, 0.2) is 0 Å². The van der Waals surface area contributed by atoms with Gasteiger partial charge in [0.1, 0.15) is 5.82 Å². The lowest BCUT2D eigenvalue weighted by atomic mass is 9.65. The average molecular weight is 316 g/mol. The van der Waals surface area contributed by atoms with Crippen molar-refractivity contribution in [3.05, 3.63) is 29.6 Å². The number of nitrogens with one attached hydrogen (secondary N) is 1. The van der Waals surface area contributed by atoms with Crippen LogP contribution < -0.4 is 0 Å². The van der Waals surface area contributed by atoms with Gasteiger partial charge in [-0.2, -0.15) is 0 Å². The second-order valence-corrected chi connectivity index (χ2v) is 7.11. The van der Waals surface area contributed by atoms with E-state index in [1.165, 1.54) is 6.07 Å². The van der Waals surface area contributed by atoms with Gasteiger partial charge in [-0.05, 0) is 43.4 Å². The molecule has 1 heterocycles. The standard InChI is InChI=1S/C17H20N2O4/c1-16(2)10(6-7-17(16,3)15(22)23)13-18-11-5-4-9(14(20)21)8-12(11)19-13/h4-5,8,10H,6-7H2,1-3H3,(H,18,19)(H,20,21)(H,22,23)/t10-,17-/m0/s1. The van der Waals surface area contributed by atoms with Crippen molar-refractivity contribution in [3.8, 4) is 0 Å². The maximum atomic E-state index is 11.7. The van der Waals surface area contributed by atoms with Crippen molar-refractivity contribution < 1.29 is 19.8 Å². The van der Waals surface area contributed by atoms with Gasteiger partial charge in [0, 0.05) is 5.92 Å². The molecule has 2 atom stereocenters. The van der Waals surface area contributed by atoms with Crippen LogP contribution in [0.5, 0.6) is 0 Å². The van der Waals surface area contributed by atoms with E-state index >= 15 is 0 Å². The molecule has 1 saturated carbocycles. The van der Waals surface area contributed by atoms with Gasteiger partial charge in [-0.15, -0.1) is 0 Å². The highest BCUT2D eigenvalue weighted by Gasteiger charge is 2.57. The van der Waals surface area contributed by atoms with Gasteiger partial charge in [-0.25, -0.2) is 9.78 Å². The predicted octanol–water partition coefficient (Wildman–Crippen LogP) is 3.26. The molecule has 0 amide bonds. The number of hydrogen-bond acceptors (Lipinski definition) is 3. The second kappa shape index (κ2) is 4.81. The summed E-state index contributed by atoms with van der Waals surface area (Å²) in [6.07, 6.45) is 1.33. The van der Waals surface area contributed by atoms with Crippen molar-refractivity contribution in [2.75, 3.05) is 0 Å². The Balaban J connectivity index is 2.04. The Morgan fingerprint density at radius 2 is 1.96 bits per heavy atom. The van der Waals surface area contributed by atoms with E-state index in [0.29, 0.717) is 17.5 Å². The second-order valence-electron chi connectivity index (χ2n) is 7.11. The average Bonchev–Trinajstić information content (AvgIpc) is 2.98. The first-order valence-corrected chi connectivity index (χ1v) is 7.63.